The number of aromatic nitrogens is 1. The summed E-state index contributed by atoms with van der Waals surface area (Å²) in [5.74, 6) is 5.48. The molecule has 1 aromatic rings. The number of rotatable bonds is 5. The minimum absolute atomic E-state index is 0.143. The van der Waals surface area contributed by atoms with E-state index in [0.29, 0.717) is 17.4 Å². The molecule has 1 amide bonds. The summed E-state index contributed by atoms with van der Waals surface area (Å²) in [4.78, 5) is 16.4. The third-order valence-corrected chi connectivity index (χ3v) is 5.70. The van der Waals surface area contributed by atoms with Crippen LogP contribution in [0, 0.1) is 0 Å². The number of anilines is 1. The summed E-state index contributed by atoms with van der Waals surface area (Å²) in [5.41, 5.74) is 2.63. The van der Waals surface area contributed by atoms with Crippen LogP contribution in [0.2, 0.25) is 5.02 Å². The van der Waals surface area contributed by atoms with Gasteiger partial charge < -0.3 is 10.7 Å². The van der Waals surface area contributed by atoms with Crippen LogP contribution in [0.1, 0.15) is 42.6 Å². The fourth-order valence-electron chi connectivity index (χ4n) is 2.66. The predicted octanol–water partition coefficient (Wildman–Crippen LogP) is 2.82. The summed E-state index contributed by atoms with van der Waals surface area (Å²) in [6.07, 6.45) is 8.13. The third kappa shape index (κ3) is 4.02. The first-order valence-corrected chi connectivity index (χ1v) is 8.67. The van der Waals surface area contributed by atoms with Crippen molar-refractivity contribution >= 4 is 35.1 Å². The summed E-state index contributed by atoms with van der Waals surface area (Å²) in [5, 5.41) is 3.30. The van der Waals surface area contributed by atoms with Crippen molar-refractivity contribution in [2.45, 2.75) is 36.9 Å². The van der Waals surface area contributed by atoms with Crippen molar-refractivity contribution in [2.75, 3.05) is 18.2 Å². The summed E-state index contributed by atoms with van der Waals surface area (Å²) < 4.78 is 0.143. The first kappa shape index (κ1) is 16.4. The average molecular weight is 329 g/mol. The van der Waals surface area contributed by atoms with Crippen LogP contribution in [-0.4, -0.2) is 28.4 Å². The van der Waals surface area contributed by atoms with E-state index < -0.39 is 0 Å². The molecule has 0 unspecified atom stereocenters. The molecule has 5 nitrogen and oxygen atoms in total. The number of nitrogens with one attached hydrogen (secondary N) is 2. The number of carbonyl (C=O) groups is 1. The van der Waals surface area contributed by atoms with Crippen molar-refractivity contribution in [1.82, 2.24) is 10.3 Å². The van der Waals surface area contributed by atoms with Crippen LogP contribution in [0.4, 0.5) is 5.82 Å². The van der Waals surface area contributed by atoms with Crippen LogP contribution in [0.3, 0.4) is 0 Å². The zero-order valence-electron chi connectivity index (χ0n) is 12.1. The maximum absolute atomic E-state index is 12.3. The van der Waals surface area contributed by atoms with Crippen molar-refractivity contribution in [1.29, 1.82) is 0 Å². The van der Waals surface area contributed by atoms with E-state index in [1.165, 1.54) is 19.3 Å². The Morgan fingerprint density at radius 3 is 2.76 bits per heavy atom. The number of halogens is 1. The lowest BCUT2D eigenvalue weighted by Crippen LogP contribution is -2.42. The van der Waals surface area contributed by atoms with Gasteiger partial charge in [0.2, 0.25) is 0 Å². The van der Waals surface area contributed by atoms with Crippen LogP contribution in [0.25, 0.3) is 0 Å². The van der Waals surface area contributed by atoms with Gasteiger partial charge >= 0.3 is 0 Å². The fourth-order valence-corrected chi connectivity index (χ4v) is 3.76. The molecule has 2 rings (SSSR count). The minimum atomic E-state index is -0.254. The van der Waals surface area contributed by atoms with E-state index in [9.17, 15) is 4.79 Å². The summed E-state index contributed by atoms with van der Waals surface area (Å²) in [7, 11) is 0. The molecule has 1 aromatic heterocycles. The number of thioether (sulfide) groups is 1. The molecule has 0 atom stereocenters. The molecule has 1 heterocycles. The molecule has 0 bridgehead atoms. The van der Waals surface area contributed by atoms with Gasteiger partial charge in [-0.1, -0.05) is 30.9 Å². The molecule has 0 spiro atoms. The van der Waals surface area contributed by atoms with Crippen molar-refractivity contribution in [3.05, 3.63) is 22.8 Å². The smallest absolute Gasteiger partial charge is 0.271 e. The lowest BCUT2D eigenvalue weighted by Gasteiger charge is -2.35. The largest absolute Gasteiger partial charge is 0.349 e. The molecule has 0 aliphatic heterocycles. The maximum Gasteiger partial charge on any atom is 0.271 e. The summed E-state index contributed by atoms with van der Waals surface area (Å²) in [6.45, 7) is 0.644. The monoisotopic (exact) mass is 328 g/mol. The Kier molecular flexibility index (Phi) is 5.72. The molecule has 1 aliphatic carbocycles. The molecule has 1 fully saturated rings. The summed E-state index contributed by atoms with van der Waals surface area (Å²) in [6, 6.07) is 3.24. The molecule has 0 radical (unpaired) electrons. The fraction of sp³-hybridized carbons (Fsp3) is 0.571. The van der Waals surface area contributed by atoms with Crippen molar-refractivity contribution in [2.24, 2.45) is 5.84 Å². The zero-order valence-corrected chi connectivity index (χ0v) is 13.7. The molecule has 0 aromatic carbocycles. The number of carbonyl (C=O) groups excluding carboxylic acids is 1. The van der Waals surface area contributed by atoms with Crippen LogP contribution in [-0.2, 0) is 0 Å². The molecule has 7 heteroatoms. The molecule has 21 heavy (non-hydrogen) atoms. The van der Waals surface area contributed by atoms with Crippen LogP contribution < -0.4 is 16.6 Å². The topological polar surface area (TPSA) is 80.0 Å². The number of hydrogen-bond acceptors (Lipinski definition) is 5. The Morgan fingerprint density at radius 1 is 1.43 bits per heavy atom. The minimum Gasteiger partial charge on any atom is -0.349 e. The van der Waals surface area contributed by atoms with Crippen LogP contribution in [0.5, 0.6) is 0 Å². The Morgan fingerprint density at radius 2 is 2.14 bits per heavy atom. The quantitative estimate of drug-likeness (QED) is 0.572. The van der Waals surface area contributed by atoms with E-state index in [0.717, 1.165) is 12.8 Å². The van der Waals surface area contributed by atoms with Gasteiger partial charge in [0.05, 0.1) is 5.02 Å². The highest BCUT2D eigenvalue weighted by Gasteiger charge is 2.31. The van der Waals surface area contributed by atoms with Gasteiger partial charge in [0, 0.05) is 11.3 Å². The number of amides is 1. The predicted molar refractivity (Wildman–Crippen MR) is 88.7 cm³/mol. The van der Waals surface area contributed by atoms with Crippen molar-refractivity contribution in [3.8, 4) is 0 Å². The first-order valence-electron chi connectivity index (χ1n) is 7.07. The van der Waals surface area contributed by atoms with E-state index >= 15 is 0 Å². The first-order chi connectivity index (χ1) is 10.1. The number of nitrogen functional groups attached to an aromatic ring is 1. The Balaban J connectivity index is 2.04. The Hall–Kier alpha value is -0.980. The van der Waals surface area contributed by atoms with Gasteiger partial charge in [-0.2, -0.15) is 11.8 Å². The molecule has 116 valence electrons. The third-order valence-electron chi connectivity index (χ3n) is 3.98. The SMILES string of the molecule is CSC1(CNC(=O)c2nc(NN)ccc2Cl)CCCCC1. The zero-order chi connectivity index (χ0) is 15.3. The van der Waals surface area contributed by atoms with Crippen LogP contribution >= 0.6 is 23.4 Å². The van der Waals surface area contributed by atoms with Crippen molar-refractivity contribution < 1.29 is 4.79 Å². The second-order valence-corrected chi connectivity index (χ2v) is 6.98. The van der Waals surface area contributed by atoms with Crippen molar-refractivity contribution in [3.63, 3.8) is 0 Å². The Bertz CT molecular complexity index is 506. The maximum atomic E-state index is 12.3. The number of hydrogen-bond donors (Lipinski definition) is 3. The van der Waals surface area contributed by atoms with Gasteiger partial charge in [0.25, 0.3) is 5.91 Å². The number of nitrogens with two attached hydrogens (primary N) is 1. The summed E-state index contributed by atoms with van der Waals surface area (Å²) >= 11 is 7.88. The number of pyridine rings is 1. The average Bonchev–Trinajstić information content (AvgIpc) is 2.54. The van der Waals surface area contributed by atoms with Gasteiger partial charge in [-0.25, -0.2) is 10.8 Å². The van der Waals surface area contributed by atoms with Gasteiger partial charge in [-0.05, 0) is 31.2 Å². The molecule has 4 N–H and O–H groups in total. The molecule has 0 saturated heterocycles. The van der Waals surface area contributed by atoms with E-state index in [1.807, 2.05) is 11.8 Å². The molecule has 1 saturated carbocycles. The van der Waals surface area contributed by atoms with E-state index in [-0.39, 0.29) is 16.3 Å². The van der Waals surface area contributed by atoms with Gasteiger partial charge in [-0.15, -0.1) is 0 Å². The Labute approximate surface area is 134 Å². The highest BCUT2D eigenvalue weighted by atomic mass is 35.5. The van der Waals surface area contributed by atoms with Gasteiger partial charge in [0.15, 0.2) is 0 Å². The highest BCUT2D eigenvalue weighted by molar-refractivity contribution is 8.00. The highest BCUT2D eigenvalue weighted by Crippen LogP contribution is 2.38. The number of hydrazine groups is 1. The normalized spacial score (nSPS) is 17.3. The van der Waals surface area contributed by atoms with E-state index in [1.54, 1.807) is 12.1 Å². The molecular weight excluding hydrogens is 308 g/mol. The second-order valence-electron chi connectivity index (χ2n) is 5.30. The van der Waals surface area contributed by atoms with E-state index in [4.69, 9.17) is 17.4 Å². The molecule has 1 aliphatic rings. The van der Waals surface area contributed by atoms with Crippen LogP contribution in [0.15, 0.2) is 12.1 Å². The lowest BCUT2D eigenvalue weighted by molar-refractivity contribution is 0.0942. The van der Waals surface area contributed by atoms with Gasteiger partial charge in [0.1, 0.15) is 11.5 Å². The van der Waals surface area contributed by atoms with Gasteiger partial charge in [-0.3, -0.25) is 4.79 Å². The standard InChI is InChI=1S/C14H21ClN4OS/c1-21-14(7-3-2-4-8-14)9-17-13(20)12-10(15)5-6-11(18-12)19-16/h5-6H,2-4,7-9,16H2,1H3,(H,17,20)(H,18,19). The van der Waals surface area contributed by atoms with E-state index in [2.05, 4.69) is 22.0 Å². The lowest BCUT2D eigenvalue weighted by atomic mass is 9.88. The number of nitrogens with zero attached hydrogens (tertiary/aromatic N) is 1. The molecular formula is C14H21ClN4OS. The second kappa shape index (κ2) is 7.33.